The number of hydrogen-bond acceptors (Lipinski definition) is 3. The van der Waals surface area contributed by atoms with E-state index in [4.69, 9.17) is 4.74 Å². The van der Waals surface area contributed by atoms with Crippen LogP contribution in [0.1, 0.15) is 38.2 Å². The van der Waals surface area contributed by atoms with Gasteiger partial charge in [0.15, 0.2) is 0 Å². The van der Waals surface area contributed by atoms with E-state index >= 15 is 0 Å². The van der Waals surface area contributed by atoms with Crippen molar-refractivity contribution in [1.29, 1.82) is 0 Å². The van der Waals surface area contributed by atoms with Gasteiger partial charge in [0.2, 0.25) is 5.91 Å². The van der Waals surface area contributed by atoms with Gasteiger partial charge in [-0.2, -0.15) is 0 Å². The largest absolute Gasteiger partial charge is 0.496 e. The van der Waals surface area contributed by atoms with E-state index in [1.54, 1.807) is 7.11 Å². The van der Waals surface area contributed by atoms with Crippen LogP contribution in [0.15, 0.2) is 24.3 Å². The number of nitrogens with one attached hydrogen (secondary N) is 1. The minimum atomic E-state index is -0.260. The second kappa shape index (κ2) is 5.92. The summed E-state index contributed by atoms with van der Waals surface area (Å²) in [4.78, 5) is 15.2. The van der Waals surface area contributed by atoms with Crippen molar-refractivity contribution in [2.45, 2.75) is 38.6 Å². The number of rotatable bonds is 3. The average Bonchev–Trinajstić information content (AvgIpc) is 2.81. The van der Waals surface area contributed by atoms with Crippen LogP contribution in [0.2, 0.25) is 0 Å². The number of ether oxygens (including phenoxy) is 1. The van der Waals surface area contributed by atoms with Gasteiger partial charge in [0.1, 0.15) is 5.75 Å². The summed E-state index contributed by atoms with van der Waals surface area (Å²) in [7, 11) is 1.71. The summed E-state index contributed by atoms with van der Waals surface area (Å²) in [5, 5.41) is 3.40. The first-order valence-corrected chi connectivity index (χ1v) is 8.25. The van der Waals surface area contributed by atoms with Crippen LogP contribution >= 0.6 is 0 Å². The van der Waals surface area contributed by atoms with Crippen molar-refractivity contribution in [1.82, 2.24) is 10.2 Å². The second-order valence-electron chi connectivity index (χ2n) is 6.75. The highest BCUT2D eigenvalue weighted by atomic mass is 16.5. The SMILES string of the molecule is COc1ccccc1C1CN(C(C)C)C(=O)C12CCNCC2. The predicted octanol–water partition coefficient (Wildman–Crippen LogP) is 2.40. The fraction of sp³-hybridized carbons (Fsp3) is 0.611. The molecule has 2 saturated heterocycles. The van der Waals surface area contributed by atoms with E-state index in [1.807, 2.05) is 12.1 Å². The molecule has 2 fully saturated rings. The Labute approximate surface area is 132 Å². The average molecular weight is 302 g/mol. The van der Waals surface area contributed by atoms with Crippen molar-refractivity contribution < 1.29 is 9.53 Å². The van der Waals surface area contributed by atoms with E-state index in [0.29, 0.717) is 5.91 Å². The number of benzene rings is 1. The highest BCUT2D eigenvalue weighted by Crippen LogP contribution is 2.51. The van der Waals surface area contributed by atoms with Crippen LogP contribution in [0, 0.1) is 5.41 Å². The molecule has 1 aromatic carbocycles. The number of carbonyl (C=O) groups is 1. The van der Waals surface area contributed by atoms with Crippen LogP contribution in [0.4, 0.5) is 0 Å². The Morgan fingerprint density at radius 3 is 2.59 bits per heavy atom. The highest BCUT2D eigenvalue weighted by molar-refractivity contribution is 5.87. The number of para-hydroxylation sites is 1. The van der Waals surface area contributed by atoms with E-state index < -0.39 is 0 Å². The number of amides is 1. The molecule has 1 spiro atoms. The molecule has 1 amide bonds. The molecular formula is C18H26N2O2. The quantitative estimate of drug-likeness (QED) is 0.932. The summed E-state index contributed by atoms with van der Waals surface area (Å²) in [5.74, 6) is 1.46. The minimum absolute atomic E-state index is 0.223. The maximum Gasteiger partial charge on any atom is 0.229 e. The van der Waals surface area contributed by atoms with Gasteiger partial charge in [-0.1, -0.05) is 18.2 Å². The maximum absolute atomic E-state index is 13.2. The molecule has 4 nitrogen and oxygen atoms in total. The van der Waals surface area contributed by atoms with Crippen molar-refractivity contribution in [2.24, 2.45) is 5.41 Å². The van der Waals surface area contributed by atoms with E-state index in [2.05, 4.69) is 36.2 Å². The molecule has 1 atom stereocenters. The van der Waals surface area contributed by atoms with Crippen LogP contribution in [-0.4, -0.2) is 43.6 Å². The molecule has 2 aliphatic rings. The number of hydrogen-bond donors (Lipinski definition) is 1. The maximum atomic E-state index is 13.2. The molecule has 0 bridgehead atoms. The molecule has 2 aliphatic heterocycles. The first kappa shape index (κ1) is 15.3. The zero-order chi connectivity index (χ0) is 15.7. The molecule has 120 valence electrons. The molecule has 22 heavy (non-hydrogen) atoms. The minimum Gasteiger partial charge on any atom is -0.496 e. The van der Waals surface area contributed by atoms with Crippen LogP contribution < -0.4 is 10.1 Å². The highest BCUT2D eigenvalue weighted by Gasteiger charge is 2.55. The Hall–Kier alpha value is -1.55. The van der Waals surface area contributed by atoms with E-state index in [0.717, 1.165) is 38.2 Å². The fourth-order valence-electron chi connectivity index (χ4n) is 4.12. The Balaban J connectivity index is 2.05. The lowest BCUT2D eigenvalue weighted by Gasteiger charge is -2.37. The zero-order valence-electron chi connectivity index (χ0n) is 13.8. The third-order valence-corrected chi connectivity index (χ3v) is 5.37. The number of nitrogens with zero attached hydrogens (tertiary/aromatic N) is 1. The van der Waals surface area contributed by atoms with E-state index in [1.165, 1.54) is 5.56 Å². The molecule has 0 aromatic heterocycles. The van der Waals surface area contributed by atoms with Crippen LogP contribution in [0.5, 0.6) is 5.75 Å². The van der Waals surface area contributed by atoms with Gasteiger partial charge in [-0.25, -0.2) is 0 Å². The van der Waals surface area contributed by atoms with Gasteiger partial charge in [-0.05, 0) is 45.8 Å². The molecule has 1 aromatic rings. The first-order chi connectivity index (χ1) is 10.6. The molecule has 3 rings (SSSR count). The molecule has 0 radical (unpaired) electrons. The van der Waals surface area contributed by atoms with E-state index in [-0.39, 0.29) is 17.4 Å². The zero-order valence-corrected chi connectivity index (χ0v) is 13.8. The third-order valence-electron chi connectivity index (χ3n) is 5.37. The predicted molar refractivity (Wildman–Crippen MR) is 87.1 cm³/mol. The second-order valence-corrected chi connectivity index (χ2v) is 6.75. The van der Waals surface area contributed by atoms with Gasteiger partial charge in [-0.15, -0.1) is 0 Å². The normalized spacial score (nSPS) is 24.3. The van der Waals surface area contributed by atoms with Gasteiger partial charge >= 0.3 is 0 Å². The molecule has 2 heterocycles. The lowest BCUT2D eigenvalue weighted by atomic mass is 9.68. The molecule has 0 aliphatic carbocycles. The molecular weight excluding hydrogens is 276 g/mol. The van der Waals surface area contributed by atoms with Crippen LogP contribution in [0.25, 0.3) is 0 Å². The Morgan fingerprint density at radius 2 is 1.95 bits per heavy atom. The molecule has 0 saturated carbocycles. The first-order valence-electron chi connectivity index (χ1n) is 8.25. The van der Waals surface area contributed by atoms with E-state index in [9.17, 15) is 4.79 Å². The monoisotopic (exact) mass is 302 g/mol. The number of carbonyl (C=O) groups excluding carboxylic acids is 1. The van der Waals surface area contributed by atoms with Crippen molar-refractivity contribution in [3.05, 3.63) is 29.8 Å². The number of likely N-dealkylation sites (tertiary alicyclic amines) is 1. The molecule has 4 heteroatoms. The topological polar surface area (TPSA) is 41.6 Å². The van der Waals surface area contributed by atoms with Crippen molar-refractivity contribution in [3.63, 3.8) is 0 Å². The van der Waals surface area contributed by atoms with Crippen molar-refractivity contribution in [3.8, 4) is 5.75 Å². The van der Waals surface area contributed by atoms with Gasteiger partial charge in [0, 0.05) is 24.1 Å². The molecule has 1 N–H and O–H groups in total. The smallest absolute Gasteiger partial charge is 0.229 e. The van der Waals surface area contributed by atoms with Gasteiger partial charge in [0.05, 0.1) is 12.5 Å². The summed E-state index contributed by atoms with van der Waals surface area (Å²) < 4.78 is 5.58. The standard InChI is InChI=1S/C18H26N2O2/c1-13(2)20-12-15(14-6-4-5-7-16(14)22-3)18(17(20)21)8-10-19-11-9-18/h4-7,13,15,19H,8-12H2,1-3H3. The summed E-state index contributed by atoms with van der Waals surface area (Å²) in [5.41, 5.74) is 0.924. The summed E-state index contributed by atoms with van der Waals surface area (Å²) in [6, 6.07) is 8.43. The lowest BCUT2D eigenvalue weighted by molar-refractivity contribution is -0.139. The van der Waals surface area contributed by atoms with Gasteiger partial charge < -0.3 is 15.0 Å². The fourth-order valence-corrected chi connectivity index (χ4v) is 4.12. The van der Waals surface area contributed by atoms with Crippen LogP contribution in [0.3, 0.4) is 0 Å². The Morgan fingerprint density at radius 1 is 1.27 bits per heavy atom. The van der Waals surface area contributed by atoms with Crippen LogP contribution in [-0.2, 0) is 4.79 Å². The lowest BCUT2D eigenvalue weighted by Crippen LogP contribution is -2.45. The van der Waals surface area contributed by atoms with Gasteiger partial charge in [0.25, 0.3) is 0 Å². The Kier molecular flexibility index (Phi) is 4.13. The van der Waals surface area contributed by atoms with Crippen molar-refractivity contribution in [2.75, 3.05) is 26.7 Å². The summed E-state index contributed by atoms with van der Waals surface area (Å²) >= 11 is 0. The third kappa shape index (κ3) is 2.30. The van der Waals surface area contributed by atoms with Gasteiger partial charge in [-0.3, -0.25) is 4.79 Å². The number of piperidine rings is 1. The van der Waals surface area contributed by atoms with Crippen molar-refractivity contribution >= 4 is 5.91 Å². The summed E-state index contributed by atoms with van der Waals surface area (Å²) in [6.45, 7) is 6.86. The summed E-state index contributed by atoms with van der Waals surface area (Å²) in [6.07, 6.45) is 1.83. The number of methoxy groups -OCH3 is 1. The molecule has 1 unspecified atom stereocenters. The Bertz CT molecular complexity index is 550.